The molecule has 2 aliphatic heterocycles. The van der Waals surface area contributed by atoms with Crippen LogP contribution in [0.1, 0.15) is 30.5 Å². The predicted octanol–water partition coefficient (Wildman–Crippen LogP) is 2.40. The summed E-state index contributed by atoms with van der Waals surface area (Å²) in [7, 11) is 0. The van der Waals surface area contributed by atoms with E-state index in [2.05, 4.69) is 29.3 Å². The zero-order chi connectivity index (χ0) is 13.1. The van der Waals surface area contributed by atoms with Crippen molar-refractivity contribution < 1.29 is 4.74 Å². The third-order valence-corrected chi connectivity index (χ3v) is 4.03. The summed E-state index contributed by atoms with van der Waals surface area (Å²) in [5, 5.41) is 3.48. The summed E-state index contributed by atoms with van der Waals surface area (Å²) < 4.78 is 5.52. The Balaban J connectivity index is 0.00000110. The van der Waals surface area contributed by atoms with E-state index in [4.69, 9.17) is 9.72 Å². The first-order chi connectivity index (χ1) is 9.34. The molecule has 0 amide bonds. The highest BCUT2D eigenvalue weighted by Crippen LogP contribution is 2.24. The summed E-state index contributed by atoms with van der Waals surface area (Å²) in [6, 6.07) is 4.45. The van der Waals surface area contributed by atoms with Crippen molar-refractivity contribution >= 4 is 30.6 Å². The van der Waals surface area contributed by atoms with E-state index in [-0.39, 0.29) is 24.8 Å². The minimum atomic E-state index is 0. The predicted molar refractivity (Wildman–Crippen MR) is 91.4 cm³/mol. The van der Waals surface area contributed by atoms with E-state index in [0.717, 1.165) is 58.1 Å². The highest BCUT2D eigenvalue weighted by Gasteiger charge is 2.18. The quantitative estimate of drug-likeness (QED) is 0.856. The Kier molecular flexibility index (Phi) is 7.74. The average Bonchev–Trinajstić information content (AvgIpc) is 2.80. The number of ether oxygens (including phenoxy) is 1. The molecule has 1 atom stereocenters. The third-order valence-electron chi connectivity index (χ3n) is 4.03. The number of nitrogens with zero attached hydrogens (tertiary/aromatic N) is 2. The lowest BCUT2D eigenvalue weighted by atomic mass is 10.0. The van der Waals surface area contributed by atoms with Gasteiger partial charge in [0.1, 0.15) is 5.82 Å². The topological polar surface area (TPSA) is 37.4 Å². The first-order valence-corrected chi connectivity index (χ1v) is 7.38. The van der Waals surface area contributed by atoms with Crippen LogP contribution in [0.4, 0.5) is 5.82 Å². The van der Waals surface area contributed by atoms with Gasteiger partial charge < -0.3 is 15.0 Å². The van der Waals surface area contributed by atoms with E-state index in [1.54, 1.807) is 0 Å². The fourth-order valence-electron chi connectivity index (χ4n) is 2.92. The second-order valence-corrected chi connectivity index (χ2v) is 5.52. The molecule has 1 saturated heterocycles. The molecule has 0 radical (unpaired) electrons. The van der Waals surface area contributed by atoms with Gasteiger partial charge in [0.15, 0.2) is 0 Å². The Bertz CT molecular complexity index is 437. The molecule has 4 nitrogen and oxygen atoms in total. The summed E-state index contributed by atoms with van der Waals surface area (Å²) >= 11 is 0. The molecular formula is C15H25Cl2N3O. The normalized spacial score (nSPS) is 22.1. The Hall–Kier alpha value is -0.550. The number of nitrogens with one attached hydrogen (secondary N) is 1. The minimum absolute atomic E-state index is 0. The Labute approximate surface area is 139 Å². The lowest BCUT2D eigenvalue weighted by Crippen LogP contribution is -2.27. The van der Waals surface area contributed by atoms with Crippen LogP contribution in [0.15, 0.2) is 12.1 Å². The van der Waals surface area contributed by atoms with Gasteiger partial charge in [-0.05, 0) is 31.0 Å². The lowest BCUT2D eigenvalue weighted by Gasteiger charge is -2.23. The van der Waals surface area contributed by atoms with E-state index in [1.807, 2.05) is 0 Å². The van der Waals surface area contributed by atoms with Gasteiger partial charge in [0.25, 0.3) is 0 Å². The second-order valence-electron chi connectivity index (χ2n) is 5.52. The van der Waals surface area contributed by atoms with Crippen LogP contribution in [0, 0.1) is 0 Å². The standard InChI is InChI=1S/C15H23N3O.2ClH/c1-12-11-16-6-5-13-3-4-14(17-15(12)13)18-7-2-9-19-10-8-18;;/h3-4,12,16H,2,5-11H2,1H3;2*1H/t12-;;/m0../s1. The van der Waals surface area contributed by atoms with Crippen LogP contribution >= 0.6 is 24.8 Å². The van der Waals surface area contributed by atoms with Crippen LogP contribution in [0.25, 0.3) is 0 Å². The first kappa shape index (κ1) is 18.5. The number of rotatable bonds is 1. The van der Waals surface area contributed by atoms with Gasteiger partial charge in [-0.2, -0.15) is 0 Å². The van der Waals surface area contributed by atoms with Crippen molar-refractivity contribution in [3.8, 4) is 0 Å². The van der Waals surface area contributed by atoms with Crippen molar-refractivity contribution in [2.24, 2.45) is 0 Å². The molecule has 0 bridgehead atoms. The fourth-order valence-corrected chi connectivity index (χ4v) is 2.92. The average molecular weight is 334 g/mol. The minimum Gasteiger partial charge on any atom is -0.380 e. The lowest BCUT2D eigenvalue weighted by molar-refractivity contribution is 0.152. The van der Waals surface area contributed by atoms with Crippen LogP contribution in [-0.4, -0.2) is 44.4 Å². The molecule has 120 valence electrons. The smallest absolute Gasteiger partial charge is 0.128 e. The van der Waals surface area contributed by atoms with Gasteiger partial charge >= 0.3 is 0 Å². The monoisotopic (exact) mass is 333 g/mol. The highest BCUT2D eigenvalue weighted by molar-refractivity contribution is 5.85. The van der Waals surface area contributed by atoms with Gasteiger partial charge in [0.2, 0.25) is 0 Å². The fraction of sp³-hybridized carbons (Fsp3) is 0.667. The van der Waals surface area contributed by atoms with Crippen molar-refractivity contribution in [1.82, 2.24) is 10.3 Å². The molecule has 0 unspecified atom stereocenters. The Morgan fingerprint density at radius 2 is 2.10 bits per heavy atom. The summed E-state index contributed by atoms with van der Waals surface area (Å²) in [5.74, 6) is 1.62. The summed E-state index contributed by atoms with van der Waals surface area (Å²) in [6.07, 6.45) is 2.19. The molecule has 6 heteroatoms. The molecule has 2 aliphatic rings. The maximum atomic E-state index is 5.52. The highest BCUT2D eigenvalue weighted by atomic mass is 35.5. The van der Waals surface area contributed by atoms with Gasteiger partial charge in [-0.3, -0.25) is 0 Å². The largest absolute Gasteiger partial charge is 0.380 e. The molecule has 1 fully saturated rings. The molecule has 0 aliphatic carbocycles. The van der Waals surface area contributed by atoms with Gasteiger partial charge in [-0.25, -0.2) is 4.98 Å². The maximum Gasteiger partial charge on any atom is 0.128 e. The van der Waals surface area contributed by atoms with Crippen molar-refractivity contribution in [2.45, 2.75) is 25.7 Å². The zero-order valence-corrected chi connectivity index (χ0v) is 14.1. The summed E-state index contributed by atoms with van der Waals surface area (Å²) in [6.45, 7) is 8.07. The zero-order valence-electron chi connectivity index (χ0n) is 12.5. The number of hydrogen-bond acceptors (Lipinski definition) is 4. The number of hydrogen-bond donors (Lipinski definition) is 1. The first-order valence-electron chi connectivity index (χ1n) is 7.38. The van der Waals surface area contributed by atoms with Crippen LogP contribution in [0.2, 0.25) is 0 Å². The molecule has 1 N–H and O–H groups in total. The molecule has 0 spiro atoms. The Morgan fingerprint density at radius 1 is 1.24 bits per heavy atom. The van der Waals surface area contributed by atoms with Gasteiger partial charge in [0, 0.05) is 32.2 Å². The molecular weight excluding hydrogens is 309 g/mol. The van der Waals surface area contributed by atoms with Crippen LogP contribution in [-0.2, 0) is 11.2 Å². The van der Waals surface area contributed by atoms with E-state index in [9.17, 15) is 0 Å². The number of aromatic nitrogens is 1. The molecule has 1 aromatic heterocycles. The third kappa shape index (κ3) is 4.46. The SMILES string of the molecule is C[C@H]1CNCCc2ccc(N3CCCOCC3)nc21.Cl.Cl. The molecule has 0 aromatic carbocycles. The van der Waals surface area contributed by atoms with Crippen molar-refractivity contribution in [1.29, 1.82) is 0 Å². The molecule has 3 heterocycles. The number of fused-ring (bicyclic) bond motifs is 1. The molecule has 1 aromatic rings. The van der Waals surface area contributed by atoms with E-state index in [1.165, 1.54) is 11.3 Å². The van der Waals surface area contributed by atoms with Gasteiger partial charge in [0.05, 0.1) is 12.3 Å². The van der Waals surface area contributed by atoms with Gasteiger partial charge in [-0.15, -0.1) is 24.8 Å². The van der Waals surface area contributed by atoms with E-state index >= 15 is 0 Å². The summed E-state index contributed by atoms with van der Waals surface area (Å²) in [4.78, 5) is 7.31. The maximum absolute atomic E-state index is 5.52. The van der Waals surface area contributed by atoms with Crippen LogP contribution in [0.3, 0.4) is 0 Å². The van der Waals surface area contributed by atoms with E-state index < -0.39 is 0 Å². The van der Waals surface area contributed by atoms with Crippen molar-refractivity contribution in [3.05, 3.63) is 23.4 Å². The number of halogens is 2. The molecule has 21 heavy (non-hydrogen) atoms. The van der Waals surface area contributed by atoms with E-state index in [0.29, 0.717) is 5.92 Å². The Morgan fingerprint density at radius 3 is 2.95 bits per heavy atom. The molecule has 0 saturated carbocycles. The van der Waals surface area contributed by atoms with Crippen LogP contribution in [0.5, 0.6) is 0 Å². The second kappa shape index (κ2) is 8.79. The summed E-state index contributed by atoms with van der Waals surface area (Å²) in [5.41, 5.74) is 2.69. The number of pyridine rings is 1. The van der Waals surface area contributed by atoms with Crippen molar-refractivity contribution in [3.63, 3.8) is 0 Å². The van der Waals surface area contributed by atoms with Crippen molar-refractivity contribution in [2.75, 3.05) is 44.3 Å². The molecule has 3 rings (SSSR count). The van der Waals surface area contributed by atoms with Gasteiger partial charge in [-0.1, -0.05) is 13.0 Å². The number of anilines is 1. The van der Waals surface area contributed by atoms with Crippen LogP contribution < -0.4 is 10.2 Å².